The van der Waals surface area contributed by atoms with Crippen molar-refractivity contribution in [3.63, 3.8) is 0 Å². The zero-order chi connectivity index (χ0) is 15.0. The maximum atomic E-state index is 13.3. The molecule has 1 aromatic carbocycles. The van der Waals surface area contributed by atoms with Crippen molar-refractivity contribution in [2.75, 3.05) is 0 Å². The predicted molar refractivity (Wildman–Crippen MR) is 72.3 cm³/mol. The number of aryl methyl sites for hydroxylation is 1. The number of halogens is 2. The summed E-state index contributed by atoms with van der Waals surface area (Å²) < 4.78 is 26.6. The van der Waals surface area contributed by atoms with Gasteiger partial charge in [0.1, 0.15) is 28.4 Å². The molecular weight excluding hydrogens is 296 g/mol. The van der Waals surface area contributed by atoms with E-state index in [1.807, 2.05) is 6.07 Å². The number of hydrogen-bond donors (Lipinski definition) is 1. The van der Waals surface area contributed by atoms with E-state index in [9.17, 15) is 8.78 Å². The van der Waals surface area contributed by atoms with Crippen molar-refractivity contribution in [2.45, 2.75) is 6.92 Å². The normalized spacial score (nSPS) is 10.6. The smallest absolute Gasteiger partial charge is 0.192 e. The molecule has 5 nitrogen and oxygen atoms in total. The van der Waals surface area contributed by atoms with Crippen LogP contribution in [-0.2, 0) is 0 Å². The summed E-state index contributed by atoms with van der Waals surface area (Å²) >= 11 is 1.27. The van der Waals surface area contributed by atoms with Crippen molar-refractivity contribution >= 4 is 11.3 Å². The van der Waals surface area contributed by atoms with Gasteiger partial charge >= 0.3 is 0 Å². The highest BCUT2D eigenvalue weighted by Crippen LogP contribution is 2.33. The van der Waals surface area contributed by atoms with Gasteiger partial charge < -0.3 is 0 Å². The van der Waals surface area contributed by atoms with E-state index in [-0.39, 0.29) is 5.69 Å². The number of H-pyrrole nitrogens is 1. The minimum atomic E-state index is -0.668. The first-order valence-electron chi connectivity index (χ1n) is 5.83. The van der Waals surface area contributed by atoms with Crippen LogP contribution in [0.1, 0.15) is 10.6 Å². The summed E-state index contributed by atoms with van der Waals surface area (Å²) in [6.45, 7) is 1.79. The fourth-order valence-electron chi connectivity index (χ4n) is 1.89. The van der Waals surface area contributed by atoms with Gasteiger partial charge in [0.25, 0.3) is 0 Å². The van der Waals surface area contributed by atoms with Gasteiger partial charge in [-0.3, -0.25) is 0 Å². The van der Waals surface area contributed by atoms with Crippen molar-refractivity contribution in [3.8, 4) is 28.0 Å². The fourth-order valence-corrected chi connectivity index (χ4v) is 2.79. The zero-order valence-electron chi connectivity index (χ0n) is 10.7. The Hall–Kier alpha value is -2.66. The number of nitriles is 1. The molecule has 21 heavy (non-hydrogen) atoms. The summed E-state index contributed by atoms with van der Waals surface area (Å²) in [6, 6.07) is 5.13. The van der Waals surface area contributed by atoms with Crippen LogP contribution in [0.4, 0.5) is 8.78 Å². The molecule has 1 N–H and O–H groups in total. The van der Waals surface area contributed by atoms with E-state index in [4.69, 9.17) is 5.26 Å². The molecule has 0 amide bonds. The van der Waals surface area contributed by atoms with Gasteiger partial charge in [0, 0.05) is 16.5 Å². The first-order valence-corrected chi connectivity index (χ1v) is 6.65. The van der Waals surface area contributed by atoms with Crippen LogP contribution in [0.3, 0.4) is 0 Å². The first-order chi connectivity index (χ1) is 10.1. The molecule has 0 aliphatic carbocycles. The minimum absolute atomic E-state index is 0.125. The van der Waals surface area contributed by atoms with Crippen LogP contribution in [0.15, 0.2) is 18.2 Å². The maximum absolute atomic E-state index is 13.3. The molecule has 8 heteroatoms. The molecule has 104 valence electrons. The summed E-state index contributed by atoms with van der Waals surface area (Å²) in [6.07, 6.45) is 0. The summed E-state index contributed by atoms with van der Waals surface area (Å²) in [5.41, 5.74) is 1.27. The Labute approximate surface area is 121 Å². The van der Waals surface area contributed by atoms with Crippen molar-refractivity contribution in [2.24, 2.45) is 0 Å². The molecule has 0 bridgehead atoms. The molecule has 0 saturated carbocycles. The number of aromatic nitrogens is 4. The lowest BCUT2D eigenvalue weighted by molar-refractivity contribution is 0.584. The summed E-state index contributed by atoms with van der Waals surface area (Å²) in [5.74, 6) is -1.34. The lowest BCUT2D eigenvalue weighted by Crippen LogP contribution is -1.87. The third-order valence-corrected chi connectivity index (χ3v) is 3.80. The predicted octanol–water partition coefficient (Wildman–Crippen LogP) is 3.05. The lowest BCUT2D eigenvalue weighted by Gasteiger charge is -1.97. The molecule has 0 fully saturated rings. The van der Waals surface area contributed by atoms with Gasteiger partial charge in [-0.25, -0.2) is 13.8 Å². The molecule has 2 aromatic heterocycles. The van der Waals surface area contributed by atoms with E-state index < -0.39 is 11.6 Å². The van der Waals surface area contributed by atoms with Crippen molar-refractivity contribution in [1.29, 1.82) is 5.26 Å². The van der Waals surface area contributed by atoms with Gasteiger partial charge in [0.15, 0.2) is 11.4 Å². The number of hydrogen-bond acceptors (Lipinski definition) is 5. The third kappa shape index (κ3) is 2.39. The number of benzene rings is 1. The van der Waals surface area contributed by atoms with Gasteiger partial charge in [-0.15, -0.1) is 16.4 Å². The monoisotopic (exact) mass is 303 g/mol. The van der Waals surface area contributed by atoms with Gasteiger partial charge in [-0.1, -0.05) is 0 Å². The molecule has 3 rings (SSSR count). The lowest BCUT2D eigenvalue weighted by atomic mass is 10.2. The van der Waals surface area contributed by atoms with Crippen LogP contribution in [0.25, 0.3) is 22.0 Å². The van der Waals surface area contributed by atoms with Gasteiger partial charge in [0.05, 0.1) is 0 Å². The van der Waals surface area contributed by atoms with E-state index in [0.717, 1.165) is 10.9 Å². The zero-order valence-corrected chi connectivity index (χ0v) is 11.5. The molecule has 0 spiro atoms. The largest absolute Gasteiger partial charge is 0.234 e. The molecule has 0 aliphatic rings. The molecule has 0 saturated heterocycles. The molecule has 3 aromatic rings. The van der Waals surface area contributed by atoms with Crippen LogP contribution in [0, 0.1) is 29.9 Å². The second-order valence-electron chi connectivity index (χ2n) is 4.21. The van der Waals surface area contributed by atoms with E-state index in [1.165, 1.54) is 23.5 Å². The van der Waals surface area contributed by atoms with Crippen molar-refractivity contribution < 1.29 is 8.78 Å². The highest BCUT2D eigenvalue weighted by Gasteiger charge is 2.18. The Morgan fingerprint density at radius 1 is 1.14 bits per heavy atom. The quantitative estimate of drug-likeness (QED) is 0.789. The average molecular weight is 303 g/mol. The van der Waals surface area contributed by atoms with Crippen LogP contribution in [0.5, 0.6) is 0 Å². The van der Waals surface area contributed by atoms with Crippen molar-refractivity contribution in [1.82, 2.24) is 20.4 Å². The van der Waals surface area contributed by atoms with E-state index in [1.54, 1.807) is 6.92 Å². The van der Waals surface area contributed by atoms with Crippen LogP contribution in [0.2, 0.25) is 0 Å². The standard InChI is InChI=1S/C13H7F2N5S/c1-6-11(12-10(5-16)18-20-19-12)17-13(21-6)7-2-8(14)4-9(15)3-7/h2-4H,1H3,(H,18,19,20). The van der Waals surface area contributed by atoms with E-state index in [0.29, 0.717) is 22.0 Å². The summed E-state index contributed by atoms with van der Waals surface area (Å²) in [4.78, 5) is 5.10. The molecular formula is C13H7F2N5S. The number of aromatic amines is 1. The highest BCUT2D eigenvalue weighted by atomic mass is 32.1. The number of thiazole rings is 1. The molecule has 0 aliphatic heterocycles. The second-order valence-corrected chi connectivity index (χ2v) is 5.42. The van der Waals surface area contributed by atoms with E-state index in [2.05, 4.69) is 20.4 Å². The Bertz CT molecular complexity index is 842. The first kappa shape index (κ1) is 13.3. The number of rotatable bonds is 2. The SMILES string of the molecule is Cc1sc(-c2cc(F)cc(F)c2)nc1-c1n[nH]nc1C#N. The summed E-state index contributed by atoms with van der Waals surface area (Å²) in [7, 11) is 0. The van der Waals surface area contributed by atoms with Crippen LogP contribution < -0.4 is 0 Å². The van der Waals surface area contributed by atoms with Crippen LogP contribution >= 0.6 is 11.3 Å². The molecule has 0 atom stereocenters. The van der Waals surface area contributed by atoms with Crippen LogP contribution in [-0.4, -0.2) is 20.4 Å². The molecule has 2 heterocycles. The number of nitrogens with zero attached hydrogens (tertiary/aromatic N) is 4. The van der Waals surface area contributed by atoms with Crippen molar-refractivity contribution in [3.05, 3.63) is 40.4 Å². The van der Waals surface area contributed by atoms with Gasteiger partial charge in [-0.2, -0.15) is 15.6 Å². The van der Waals surface area contributed by atoms with Gasteiger partial charge in [0.2, 0.25) is 0 Å². The maximum Gasteiger partial charge on any atom is 0.192 e. The second kappa shape index (κ2) is 5.03. The Balaban J connectivity index is 2.12. The molecule has 0 unspecified atom stereocenters. The Kier molecular flexibility index (Phi) is 3.19. The fraction of sp³-hybridized carbons (Fsp3) is 0.0769. The highest BCUT2D eigenvalue weighted by molar-refractivity contribution is 7.15. The summed E-state index contributed by atoms with van der Waals surface area (Å²) in [5, 5.41) is 19.4. The minimum Gasteiger partial charge on any atom is -0.234 e. The Morgan fingerprint density at radius 3 is 2.52 bits per heavy atom. The van der Waals surface area contributed by atoms with E-state index >= 15 is 0 Å². The number of nitrogens with one attached hydrogen (secondary N) is 1. The average Bonchev–Trinajstić information content (AvgIpc) is 3.03. The van der Waals surface area contributed by atoms with Gasteiger partial charge in [-0.05, 0) is 19.1 Å². The Morgan fingerprint density at radius 2 is 1.86 bits per heavy atom. The molecule has 0 radical (unpaired) electrons. The topological polar surface area (TPSA) is 78.2 Å². The third-order valence-electron chi connectivity index (χ3n) is 2.78.